The van der Waals surface area contributed by atoms with Crippen LogP contribution in [0.1, 0.15) is 45.6 Å². The van der Waals surface area contributed by atoms with Gasteiger partial charge in [0.25, 0.3) is 5.91 Å². The van der Waals surface area contributed by atoms with E-state index in [9.17, 15) is 23.9 Å². The van der Waals surface area contributed by atoms with Gasteiger partial charge in [-0.1, -0.05) is 26.0 Å². The molecule has 0 aliphatic carbocycles. The number of cyclic esters (lactones) is 1. The topological polar surface area (TPSA) is 121 Å². The number of aliphatic hydroxyl groups excluding tert-OH is 1. The molecule has 1 aromatic rings. The Labute approximate surface area is 271 Å². The quantitative estimate of drug-likeness (QED) is 0.368. The zero-order valence-electron chi connectivity index (χ0n) is 27.6. The Kier molecular flexibility index (Phi) is 12.6. The van der Waals surface area contributed by atoms with Crippen LogP contribution in [0.25, 0.3) is 6.08 Å². The highest BCUT2D eigenvalue weighted by molar-refractivity contribution is 5.81. The minimum absolute atomic E-state index is 0.0889. The summed E-state index contributed by atoms with van der Waals surface area (Å²) >= 11 is 0. The molecule has 2 amide bonds. The van der Waals surface area contributed by atoms with Gasteiger partial charge in [-0.3, -0.25) is 9.59 Å². The zero-order valence-corrected chi connectivity index (χ0v) is 27.6. The molecule has 46 heavy (non-hydrogen) atoms. The Morgan fingerprint density at radius 3 is 2.54 bits per heavy atom. The lowest BCUT2D eigenvalue weighted by Crippen LogP contribution is -2.49. The summed E-state index contributed by atoms with van der Waals surface area (Å²) in [6.45, 7) is 9.57. The number of halogens is 1. The predicted molar refractivity (Wildman–Crippen MR) is 173 cm³/mol. The minimum atomic E-state index is -0.898. The first-order valence-corrected chi connectivity index (χ1v) is 16.2. The second-order valence-electron chi connectivity index (χ2n) is 12.8. The molecule has 0 saturated carbocycles. The number of morpholine rings is 1. The number of aliphatic hydroxyl groups is 1. The number of carbonyl (C=O) groups excluding carboxylic acids is 3. The molecular weight excluding hydrogens is 595 g/mol. The van der Waals surface area contributed by atoms with E-state index in [4.69, 9.17) is 14.2 Å². The van der Waals surface area contributed by atoms with Gasteiger partial charge in [0.05, 0.1) is 25.7 Å². The molecule has 254 valence electrons. The second-order valence-corrected chi connectivity index (χ2v) is 12.8. The van der Waals surface area contributed by atoms with Gasteiger partial charge in [-0.25, -0.2) is 9.18 Å². The van der Waals surface area contributed by atoms with Crippen LogP contribution in [0, 0.1) is 17.7 Å². The van der Waals surface area contributed by atoms with Crippen LogP contribution < -0.4 is 10.2 Å². The highest BCUT2D eigenvalue weighted by Gasteiger charge is 2.30. The fourth-order valence-corrected chi connectivity index (χ4v) is 6.04. The van der Waals surface area contributed by atoms with Crippen LogP contribution >= 0.6 is 0 Å². The van der Waals surface area contributed by atoms with E-state index in [1.807, 2.05) is 50.9 Å². The van der Waals surface area contributed by atoms with E-state index in [-0.39, 0.29) is 36.8 Å². The summed E-state index contributed by atoms with van der Waals surface area (Å²) < 4.78 is 32.4. The summed E-state index contributed by atoms with van der Waals surface area (Å²) in [4.78, 5) is 43.9. The van der Waals surface area contributed by atoms with Crippen molar-refractivity contribution in [2.24, 2.45) is 11.8 Å². The highest BCUT2D eigenvalue weighted by Crippen LogP contribution is 2.28. The molecule has 3 heterocycles. The van der Waals surface area contributed by atoms with E-state index < -0.39 is 36.2 Å². The molecule has 0 aromatic heterocycles. The summed E-state index contributed by atoms with van der Waals surface area (Å²) in [6.07, 6.45) is 3.13. The van der Waals surface area contributed by atoms with Crippen molar-refractivity contribution >= 4 is 29.7 Å². The molecule has 2 fully saturated rings. The Morgan fingerprint density at radius 1 is 1.09 bits per heavy atom. The third kappa shape index (κ3) is 9.76. The molecule has 2 N–H and O–H groups in total. The van der Waals surface area contributed by atoms with Gasteiger partial charge in [0.2, 0.25) is 0 Å². The Hall–Kier alpha value is -3.48. The van der Waals surface area contributed by atoms with Crippen molar-refractivity contribution in [3.8, 4) is 0 Å². The molecule has 2 saturated heterocycles. The Bertz CT molecular complexity index is 1280. The monoisotopic (exact) mass is 644 g/mol. The molecule has 12 heteroatoms. The molecule has 3 aliphatic heterocycles. The summed E-state index contributed by atoms with van der Waals surface area (Å²) in [5.41, 5.74) is 1.86. The number of nitrogens with zero attached hydrogens (tertiary/aromatic N) is 3. The van der Waals surface area contributed by atoms with Gasteiger partial charge in [-0.05, 0) is 68.1 Å². The number of hydrogen-bond acceptors (Lipinski definition) is 9. The van der Waals surface area contributed by atoms with Crippen molar-refractivity contribution in [1.82, 2.24) is 15.1 Å². The number of nitrogens with one attached hydrogen (secondary N) is 1. The van der Waals surface area contributed by atoms with E-state index in [1.54, 1.807) is 18.0 Å². The van der Waals surface area contributed by atoms with Crippen molar-refractivity contribution in [2.45, 2.75) is 64.4 Å². The van der Waals surface area contributed by atoms with Crippen molar-refractivity contribution in [1.29, 1.82) is 0 Å². The van der Waals surface area contributed by atoms with Crippen molar-refractivity contribution in [2.75, 3.05) is 64.9 Å². The van der Waals surface area contributed by atoms with E-state index >= 15 is 0 Å². The fourth-order valence-electron chi connectivity index (χ4n) is 6.04. The van der Waals surface area contributed by atoms with Crippen LogP contribution in [0.5, 0.6) is 0 Å². The number of carbonyl (C=O) groups is 3. The summed E-state index contributed by atoms with van der Waals surface area (Å²) in [5, 5.41) is 13.2. The van der Waals surface area contributed by atoms with Crippen LogP contribution in [-0.4, -0.2) is 117 Å². The molecule has 0 spiro atoms. The average Bonchev–Trinajstić information content (AvgIpc) is 3.03. The molecule has 0 bridgehead atoms. The van der Waals surface area contributed by atoms with Crippen LogP contribution in [0.4, 0.5) is 14.9 Å². The first-order valence-electron chi connectivity index (χ1n) is 16.2. The normalized spacial score (nSPS) is 29.6. The number of anilines is 1. The van der Waals surface area contributed by atoms with Crippen LogP contribution in [0.3, 0.4) is 0 Å². The second kappa shape index (κ2) is 16.4. The standard InChI is InChI=1S/C34H49FN4O7/c1-22-6-8-28(40)20-31(41)46-32(23(2)7-9-29(22)45-34(43)38-12-10-37(5)11-13-38)24(3)16-25-17-26(35)19-27(18-25)39-14-15-44-30(21-39)33(42)36-4/h7,9,16-19,22-23,28-30,32,40H,6,8,10-15,20-21H2,1-5H3,(H,36,42)/b9-7-,24-16+/t22-,23+,28+,29+,30-,32+/m1/s1. The number of amides is 2. The number of likely N-dealkylation sites (N-methyl/N-ethyl adjacent to an activating group) is 2. The Balaban J connectivity index is 1.56. The van der Waals surface area contributed by atoms with E-state index in [0.717, 1.165) is 13.1 Å². The van der Waals surface area contributed by atoms with Crippen molar-refractivity contribution in [3.05, 3.63) is 47.3 Å². The van der Waals surface area contributed by atoms with Gasteiger partial charge in [0.15, 0.2) is 6.10 Å². The molecule has 4 rings (SSSR count). The average molecular weight is 645 g/mol. The van der Waals surface area contributed by atoms with E-state index in [1.165, 1.54) is 12.1 Å². The van der Waals surface area contributed by atoms with Gasteiger partial charge >= 0.3 is 12.1 Å². The third-order valence-electron chi connectivity index (χ3n) is 8.98. The predicted octanol–water partition coefficient (Wildman–Crippen LogP) is 3.22. The van der Waals surface area contributed by atoms with Crippen LogP contribution in [0.15, 0.2) is 35.9 Å². The highest BCUT2D eigenvalue weighted by atomic mass is 19.1. The summed E-state index contributed by atoms with van der Waals surface area (Å²) in [6, 6.07) is 4.66. The maximum absolute atomic E-state index is 14.9. The minimum Gasteiger partial charge on any atom is -0.457 e. The first kappa shape index (κ1) is 35.4. The lowest BCUT2D eigenvalue weighted by atomic mass is 9.91. The Morgan fingerprint density at radius 2 is 1.83 bits per heavy atom. The zero-order chi connectivity index (χ0) is 33.4. The van der Waals surface area contributed by atoms with Crippen molar-refractivity contribution < 1.29 is 38.1 Å². The molecular formula is C34H49FN4O7. The van der Waals surface area contributed by atoms with Gasteiger partial charge in [0, 0.05) is 51.4 Å². The first-order chi connectivity index (χ1) is 21.9. The molecule has 1 aromatic carbocycles. The van der Waals surface area contributed by atoms with Crippen LogP contribution in [-0.2, 0) is 23.8 Å². The largest absolute Gasteiger partial charge is 0.457 e. The number of benzene rings is 1. The maximum Gasteiger partial charge on any atom is 0.410 e. The summed E-state index contributed by atoms with van der Waals surface area (Å²) in [7, 11) is 3.57. The number of rotatable bonds is 5. The molecule has 0 unspecified atom stereocenters. The van der Waals surface area contributed by atoms with E-state index in [0.29, 0.717) is 55.9 Å². The fraction of sp³-hybridized carbons (Fsp3) is 0.618. The number of piperazine rings is 1. The molecule has 6 atom stereocenters. The third-order valence-corrected chi connectivity index (χ3v) is 8.98. The maximum atomic E-state index is 14.9. The smallest absolute Gasteiger partial charge is 0.410 e. The number of esters is 1. The lowest BCUT2D eigenvalue weighted by Gasteiger charge is -2.34. The van der Waals surface area contributed by atoms with Gasteiger partial charge in [-0.2, -0.15) is 0 Å². The van der Waals surface area contributed by atoms with Gasteiger partial charge < -0.3 is 39.3 Å². The molecule has 0 radical (unpaired) electrons. The summed E-state index contributed by atoms with van der Waals surface area (Å²) in [5.74, 6) is -1.61. The SMILES string of the molecule is CNC(=O)[C@H]1CN(c2cc(F)cc(/C=C(\C)[C@H]3OC(=O)C[C@@H](O)CC[C@@H](C)[C@@H](OC(=O)N4CCN(C)CC4)/C=C\[C@@H]3C)c2)CCO1. The van der Waals surface area contributed by atoms with Gasteiger partial charge in [0.1, 0.15) is 18.0 Å². The number of ether oxygens (including phenoxy) is 3. The lowest BCUT2D eigenvalue weighted by molar-refractivity contribution is -0.151. The molecule has 3 aliphatic rings. The van der Waals surface area contributed by atoms with E-state index in [2.05, 4.69) is 10.2 Å². The van der Waals surface area contributed by atoms with Crippen molar-refractivity contribution in [3.63, 3.8) is 0 Å². The number of hydrogen-bond donors (Lipinski definition) is 2. The van der Waals surface area contributed by atoms with Crippen LogP contribution in [0.2, 0.25) is 0 Å². The van der Waals surface area contributed by atoms with Gasteiger partial charge in [-0.15, -0.1) is 0 Å². The molecule has 11 nitrogen and oxygen atoms in total.